The van der Waals surface area contributed by atoms with Crippen LogP contribution in [-0.4, -0.2) is 78.6 Å². The number of likely N-dealkylation sites (tertiary alicyclic amines) is 1. The Labute approximate surface area is 138 Å². The van der Waals surface area contributed by atoms with Crippen LogP contribution in [0.15, 0.2) is 5.38 Å². The third-order valence-electron chi connectivity index (χ3n) is 5.01. The predicted octanol–water partition coefficient (Wildman–Crippen LogP) is 1.79. The van der Waals surface area contributed by atoms with Crippen LogP contribution in [0.5, 0.6) is 0 Å². The molecule has 2 saturated heterocycles. The fourth-order valence-corrected chi connectivity index (χ4v) is 4.11. The molecule has 1 atom stereocenters. The number of hydrogen-bond donors (Lipinski definition) is 1. The molecular weight excluding hydrogens is 294 g/mol. The predicted molar refractivity (Wildman–Crippen MR) is 93.6 cm³/mol. The molecule has 0 spiro atoms. The summed E-state index contributed by atoms with van der Waals surface area (Å²) in [4.78, 5) is 12.3. The Morgan fingerprint density at radius 1 is 1.23 bits per heavy atom. The summed E-state index contributed by atoms with van der Waals surface area (Å²) >= 11 is 1.75. The second-order valence-electron chi connectivity index (χ2n) is 6.51. The number of nitrogens with one attached hydrogen (secondary N) is 1. The zero-order chi connectivity index (χ0) is 15.4. The fraction of sp³-hybridized carbons (Fsp3) is 0.812. The molecule has 22 heavy (non-hydrogen) atoms. The number of anilines is 1. The van der Waals surface area contributed by atoms with Crippen LogP contribution >= 0.6 is 11.3 Å². The van der Waals surface area contributed by atoms with Gasteiger partial charge in [0.25, 0.3) is 0 Å². The zero-order valence-corrected chi connectivity index (χ0v) is 14.7. The van der Waals surface area contributed by atoms with Crippen molar-refractivity contribution in [2.75, 3.05) is 58.2 Å². The van der Waals surface area contributed by atoms with Gasteiger partial charge in [-0.15, -0.1) is 11.3 Å². The lowest BCUT2D eigenvalue weighted by Gasteiger charge is -2.33. The van der Waals surface area contributed by atoms with E-state index in [2.05, 4.69) is 39.4 Å². The second-order valence-corrected chi connectivity index (χ2v) is 7.37. The molecule has 2 aliphatic heterocycles. The number of aromatic nitrogens is 1. The molecule has 1 aromatic heterocycles. The number of likely N-dealkylation sites (N-methyl/N-ethyl adjacent to an activating group) is 2. The summed E-state index contributed by atoms with van der Waals surface area (Å²) in [6.45, 7) is 11.4. The van der Waals surface area contributed by atoms with E-state index in [1.807, 2.05) is 0 Å². The van der Waals surface area contributed by atoms with Crippen molar-refractivity contribution >= 4 is 16.5 Å². The molecule has 3 rings (SSSR count). The zero-order valence-electron chi connectivity index (χ0n) is 13.9. The Kier molecular flexibility index (Phi) is 5.68. The van der Waals surface area contributed by atoms with E-state index < -0.39 is 0 Å². The van der Waals surface area contributed by atoms with Crippen molar-refractivity contribution < 1.29 is 0 Å². The molecule has 0 bridgehead atoms. The van der Waals surface area contributed by atoms with Gasteiger partial charge in [0.1, 0.15) is 0 Å². The highest BCUT2D eigenvalue weighted by Gasteiger charge is 2.21. The van der Waals surface area contributed by atoms with Gasteiger partial charge in [0.15, 0.2) is 5.13 Å². The molecule has 6 heteroatoms. The molecule has 1 unspecified atom stereocenters. The SMILES string of the molecule is CCN1CCN(Cc2csc(NCC3CCCN3C)n2)CC1. The van der Waals surface area contributed by atoms with Crippen LogP contribution in [0.2, 0.25) is 0 Å². The summed E-state index contributed by atoms with van der Waals surface area (Å²) in [7, 11) is 2.22. The van der Waals surface area contributed by atoms with Crippen molar-refractivity contribution in [3.63, 3.8) is 0 Å². The van der Waals surface area contributed by atoms with E-state index in [9.17, 15) is 0 Å². The minimum absolute atomic E-state index is 0.675. The van der Waals surface area contributed by atoms with E-state index >= 15 is 0 Å². The van der Waals surface area contributed by atoms with Crippen molar-refractivity contribution in [3.05, 3.63) is 11.1 Å². The Morgan fingerprint density at radius 2 is 2.00 bits per heavy atom. The van der Waals surface area contributed by atoms with Crippen molar-refractivity contribution in [1.82, 2.24) is 19.7 Å². The average Bonchev–Trinajstić information content (AvgIpc) is 3.15. The van der Waals surface area contributed by atoms with Crippen molar-refractivity contribution in [3.8, 4) is 0 Å². The highest BCUT2D eigenvalue weighted by Crippen LogP contribution is 2.20. The van der Waals surface area contributed by atoms with Gasteiger partial charge in [-0.05, 0) is 33.0 Å². The summed E-state index contributed by atoms with van der Waals surface area (Å²) in [6.07, 6.45) is 2.64. The van der Waals surface area contributed by atoms with Gasteiger partial charge in [0.05, 0.1) is 5.69 Å². The third kappa shape index (κ3) is 4.19. The minimum atomic E-state index is 0.675. The van der Waals surface area contributed by atoms with Crippen LogP contribution in [0.1, 0.15) is 25.5 Å². The molecule has 0 amide bonds. The molecule has 124 valence electrons. The quantitative estimate of drug-likeness (QED) is 0.863. The van der Waals surface area contributed by atoms with Crippen LogP contribution in [0, 0.1) is 0 Å². The molecule has 0 aromatic carbocycles. The fourth-order valence-electron chi connectivity index (χ4n) is 3.40. The third-order valence-corrected chi connectivity index (χ3v) is 5.86. The minimum Gasteiger partial charge on any atom is -0.360 e. The first-order chi connectivity index (χ1) is 10.7. The first kappa shape index (κ1) is 16.2. The molecule has 2 aliphatic rings. The summed E-state index contributed by atoms with van der Waals surface area (Å²) in [5, 5.41) is 6.83. The van der Waals surface area contributed by atoms with Crippen LogP contribution in [0.3, 0.4) is 0 Å². The van der Waals surface area contributed by atoms with E-state index in [-0.39, 0.29) is 0 Å². The highest BCUT2D eigenvalue weighted by molar-refractivity contribution is 7.13. The molecule has 1 N–H and O–H groups in total. The molecular formula is C16H29N5S. The van der Waals surface area contributed by atoms with Gasteiger partial charge in [0.2, 0.25) is 0 Å². The van der Waals surface area contributed by atoms with E-state index in [0.717, 1.165) is 18.2 Å². The van der Waals surface area contributed by atoms with Gasteiger partial charge in [-0.2, -0.15) is 0 Å². The number of hydrogen-bond acceptors (Lipinski definition) is 6. The molecule has 5 nitrogen and oxygen atoms in total. The maximum absolute atomic E-state index is 4.76. The van der Waals surface area contributed by atoms with Crippen LogP contribution in [0.4, 0.5) is 5.13 Å². The first-order valence-corrected chi connectivity index (χ1v) is 9.46. The van der Waals surface area contributed by atoms with Crippen molar-refractivity contribution in [1.29, 1.82) is 0 Å². The number of nitrogens with zero attached hydrogens (tertiary/aromatic N) is 4. The van der Waals surface area contributed by atoms with Crippen LogP contribution < -0.4 is 5.32 Å². The van der Waals surface area contributed by atoms with Gasteiger partial charge in [-0.25, -0.2) is 4.98 Å². The monoisotopic (exact) mass is 323 g/mol. The summed E-state index contributed by atoms with van der Waals surface area (Å²) in [5.74, 6) is 0. The largest absolute Gasteiger partial charge is 0.360 e. The number of rotatable bonds is 6. The standard InChI is InChI=1S/C16H29N5S/c1-3-20-7-9-21(10-8-20)12-14-13-22-16(18-14)17-11-15-5-4-6-19(15)2/h13,15H,3-12H2,1-2H3,(H,17,18). The average molecular weight is 324 g/mol. The van der Waals surface area contributed by atoms with Gasteiger partial charge in [0, 0.05) is 50.7 Å². The molecule has 2 fully saturated rings. The molecule has 0 radical (unpaired) electrons. The van der Waals surface area contributed by atoms with Gasteiger partial charge >= 0.3 is 0 Å². The lowest BCUT2D eigenvalue weighted by atomic mass is 10.2. The van der Waals surface area contributed by atoms with Crippen molar-refractivity contribution in [2.24, 2.45) is 0 Å². The van der Waals surface area contributed by atoms with Gasteiger partial charge in [-0.3, -0.25) is 4.90 Å². The topological polar surface area (TPSA) is 34.6 Å². The van der Waals surface area contributed by atoms with Crippen LogP contribution in [-0.2, 0) is 6.54 Å². The Morgan fingerprint density at radius 3 is 2.68 bits per heavy atom. The van der Waals surface area contributed by atoms with Gasteiger partial charge in [-0.1, -0.05) is 6.92 Å². The Balaban J connectivity index is 1.43. The molecule has 1 aromatic rings. The first-order valence-electron chi connectivity index (χ1n) is 8.58. The van der Waals surface area contributed by atoms with E-state index in [4.69, 9.17) is 4.98 Å². The molecule has 0 aliphatic carbocycles. The van der Waals surface area contributed by atoms with Gasteiger partial charge < -0.3 is 15.1 Å². The summed E-state index contributed by atoms with van der Waals surface area (Å²) in [5.41, 5.74) is 1.22. The summed E-state index contributed by atoms with van der Waals surface area (Å²) < 4.78 is 0. The van der Waals surface area contributed by atoms with E-state index in [1.165, 1.54) is 57.8 Å². The van der Waals surface area contributed by atoms with E-state index in [1.54, 1.807) is 11.3 Å². The van der Waals surface area contributed by atoms with Crippen molar-refractivity contribution in [2.45, 2.75) is 32.4 Å². The number of piperazine rings is 1. The Hall–Kier alpha value is -0.690. The second kappa shape index (κ2) is 7.73. The normalized spacial score (nSPS) is 24.9. The highest BCUT2D eigenvalue weighted by atomic mass is 32.1. The lowest BCUT2D eigenvalue weighted by molar-refractivity contribution is 0.131. The summed E-state index contributed by atoms with van der Waals surface area (Å²) in [6, 6.07) is 0.675. The Bertz CT molecular complexity index is 455. The van der Waals surface area contributed by atoms with Crippen LogP contribution in [0.25, 0.3) is 0 Å². The van der Waals surface area contributed by atoms with E-state index in [0.29, 0.717) is 6.04 Å². The smallest absolute Gasteiger partial charge is 0.182 e. The lowest BCUT2D eigenvalue weighted by Crippen LogP contribution is -2.45. The maximum Gasteiger partial charge on any atom is 0.182 e. The number of thiazole rings is 1. The molecule has 0 saturated carbocycles. The molecule has 3 heterocycles. The maximum atomic E-state index is 4.76.